The van der Waals surface area contributed by atoms with Crippen molar-refractivity contribution in [3.05, 3.63) is 0 Å². The smallest absolute Gasteiger partial charge is 0.457 e. The molecular weight excluding hydrogens is 836 g/mol. The van der Waals surface area contributed by atoms with Crippen molar-refractivity contribution in [3.8, 4) is 0 Å². The minimum atomic E-state index is -5.01. The fraction of sp³-hybridized carbons (Fsp3) is 0.980. The molecule has 12 nitrogen and oxygen atoms in total. The highest BCUT2D eigenvalue weighted by molar-refractivity contribution is 7.47. The normalized spacial score (nSPS) is 21.6. The Morgan fingerprint density at radius 1 is 0.438 bits per heavy atom. The van der Waals surface area contributed by atoms with Gasteiger partial charge in [0.25, 0.3) is 0 Å². The number of esters is 1. The number of ether oxygens (including phenoxy) is 2. The second-order valence-electron chi connectivity index (χ2n) is 19.1. The maximum Gasteiger partial charge on any atom is 0.472 e. The third kappa shape index (κ3) is 33.8. The summed E-state index contributed by atoms with van der Waals surface area (Å²) in [7, 11) is -5.01. The van der Waals surface area contributed by atoms with E-state index < -0.39 is 63.1 Å². The molecule has 0 radical (unpaired) electrons. The third-order valence-corrected chi connectivity index (χ3v) is 14.0. The van der Waals surface area contributed by atoms with Gasteiger partial charge in [-0.25, -0.2) is 4.57 Å². The van der Waals surface area contributed by atoms with Gasteiger partial charge in [-0.1, -0.05) is 239 Å². The van der Waals surface area contributed by atoms with Crippen LogP contribution in [0, 0.1) is 0 Å². The standard InChI is InChI=1S/C51H101O12P/c1-3-5-7-9-11-13-15-17-19-21-23-24-26-28-30-32-34-36-38-40-45(52)62-44(43-61-64(58,59)63-51-49(56)47(54)46(53)48(55)50(51)57)42-60-41-39-37-35-33-31-29-27-25-22-20-18-16-14-12-10-8-6-4-2/h44,46-51,53-57H,3-43H2,1-2H3,(H,58,59). The number of phosphoric acid groups is 1. The number of aliphatic hydroxyl groups excluding tert-OH is 5. The Bertz CT molecular complexity index is 1070. The quantitative estimate of drug-likeness (QED) is 0.0192. The summed E-state index contributed by atoms with van der Waals surface area (Å²) in [5.41, 5.74) is 0. The summed E-state index contributed by atoms with van der Waals surface area (Å²) in [5, 5.41) is 50.3. The topological polar surface area (TPSA) is 192 Å². The van der Waals surface area contributed by atoms with Crippen LogP contribution in [0.4, 0.5) is 0 Å². The molecular formula is C51H101O12P. The maximum atomic E-state index is 12.9. The zero-order chi connectivity index (χ0) is 46.9. The molecule has 6 atom stereocenters. The van der Waals surface area contributed by atoms with Gasteiger partial charge in [-0.2, -0.15) is 0 Å². The van der Waals surface area contributed by atoms with Gasteiger partial charge >= 0.3 is 13.8 Å². The molecule has 6 N–H and O–H groups in total. The molecule has 1 aliphatic rings. The zero-order valence-corrected chi connectivity index (χ0v) is 42.0. The number of carbonyl (C=O) groups excluding carboxylic acids is 1. The first-order valence-electron chi connectivity index (χ1n) is 26.9. The first kappa shape index (κ1) is 61.4. The van der Waals surface area contributed by atoms with Crippen molar-refractivity contribution in [2.75, 3.05) is 19.8 Å². The number of hydrogen-bond acceptors (Lipinski definition) is 11. The molecule has 0 saturated heterocycles. The van der Waals surface area contributed by atoms with Gasteiger partial charge < -0.3 is 39.9 Å². The molecule has 6 unspecified atom stereocenters. The van der Waals surface area contributed by atoms with E-state index in [4.69, 9.17) is 18.5 Å². The van der Waals surface area contributed by atoms with Crippen LogP contribution in [-0.2, 0) is 27.9 Å². The van der Waals surface area contributed by atoms with Crippen LogP contribution in [0.2, 0.25) is 0 Å². The van der Waals surface area contributed by atoms with Crippen molar-refractivity contribution in [2.24, 2.45) is 0 Å². The van der Waals surface area contributed by atoms with Gasteiger partial charge in [0.2, 0.25) is 0 Å². The Balaban J connectivity index is 2.30. The van der Waals surface area contributed by atoms with E-state index in [-0.39, 0.29) is 13.0 Å². The van der Waals surface area contributed by atoms with Crippen LogP contribution in [-0.4, -0.2) is 98.9 Å². The predicted octanol–water partition coefficient (Wildman–Crippen LogP) is 12.1. The highest BCUT2D eigenvalue weighted by Crippen LogP contribution is 2.47. The summed E-state index contributed by atoms with van der Waals surface area (Å²) in [6.07, 6.45) is 34.5. The Morgan fingerprint density at radius 2 is 0.734 bits per heavy atom. The highest BCUT2D eigenvalue weighted by atomic mass is 31.2. The maximum absolute atomic E-state index is 12.9. The Labute approximate surface area is 391 Å². The molecule has 0 amide bonds. The largest absolute Gasteiger partial charge is 0.472 e. The molecule has 1 rings (SSSR count). The monoisotopic (exact) mass is 937 g/mol. The lowest BCUT2D eigenvalue weighted by atomic mass is 9.85. The molecule has 0 aromatic rings. The van der Waals surface area contributed by atoms with E-state index in [2.05, 4.69) is 13.8 Å². The molecule has 0 aromatic carbocycles. The van der Waals surface area contributed by atoms with Crippen molar-refractivity contribution in [1.82, 2.24) is 0 Å². The summed E-state index contributed by atoms with van der Waals surface area (Å²) >= 11 is 0. The Kier molecular flexibility index (Phi) is 40.7. The second-order valence-corrected chi connectivity index (χ2v) is 20.5. The van der Waals surface area contributed by atoms with E-state index in [0.717, 1.165) is 38.5 Å². The second kappa shape index (κ2) is 42.4. The zero-order valence-electron chi connectivity index (χ0n) is 41.1. The van der Waals surface area contributed by atoms with Gasteiger partial charge in [0.15, 0.2) is 0 Å². The molecule has 1 aliphatic carbocycles. The van der Waals surface area contributed by atoms with Crippen LogP contribution in [0.3, 0.4) is 0 Å². The average molecular weight is 937 g/mol. The summed E-state index contributed by atoms with van der Waals surface area (Å²) in [5.74, 6) is -0.468. The third-order valence-electron chi connectivity index (χ3n) is 13.0. The van der Waals surface area contributed by atoms with E-state index in [9.17, 15) is 39.8 Å². The lowest BCUT2D eigenvalue weighted by Crippen LogP contribution is -2.64. The predicted molar refractivity (Wildman–Crippen MR) is 258 cm³/mol. The minimum Gasteiger partial charge on any atom is -0.457 e. The van der Waals surface area contributed by atoms with Gasteiger partial charge in [0.05, 0.1) is 13.2 Å². The van der Waals surface area contributed by atoms with Crippen molar-refractivity contribution < 1.29 is 58.3 Å². The lowest BCUT2D eigenvalue weighted by Gasteiger charge is -2.41. The SMILES string of the molecule is CCCCCCCCCCCCCCCCCCCCCC(=O)OC(COCCCCCCCCCCCCCCCCCCCC)COP(=O)(O)OC1C(O)C(O)C(O)C(O)C1O. The van der Waals surface area contributed by atoms with Crippen molar-refractivity contribution in [3.63, 3.8) is 0 Å². The summed E-state index contributed by atoms with van der Waals surface area (Å²) in [6.45, 7) is 4.33. The molecule has 0 spiro atoms. The average Bonchev–Trinajstić information content (AvgIpc) is 3.28. The lowest BCUT2D eigenvalue weighted by molar-refractivity contribution is -0.220. The van der Waals surface area contributed by atoms with Gasteiger partial charge in [-0.15, -0.1) is 0 Å². The Morgan fingerprint density at radius 3 is 1.08 bits per heavy atom. The fourth-order valence-corrected chi connectivity index (χ4v) is 9.68. The van der Waals surface area contributed by atoms with E-state index >= 15 is 0 Å². The van der Waals surface area contributed by atoms with Gasteiger partial charge in [0, 0.05) is 13.0 Å². The van der Waals surface area contributed by atoms with E-state index in [0.29, 0.717) is 13.0 Å². The molecule has 0 aliphatic heterocycles. The number of hydrogen-bond donors (Lipinski definition) is 6. The number of aliphatic hydroxyl groups is 5. The van der Waals surface area contributed by atoms with E-state index in [1.54, 1.807) is 0 Å². The van der Waals surface area contributed by atoms with Crippen molar-refractivity contribution in [1.29, 1.82) is 0 Å². The molecule has 382 valence electrons. The number of unbranched alkanes of at least 4 members (excludes halogenated alkanes) is 35. The van der Waals surface area contributed by atoms with E-state index in [1.165, 1.54) is 193 Å². The number of rotatable bonds is 47. The highest BCUT2D eigenvalue weighted by Gasteiger charge is 2.51. The summed E-state index contributed by atoms with van der Waals surface area (Å²) < 4.78 is 34.3. The van der Waals surface area contributed by atoms with Gasteiger partial charge in [-0.05, 0) is 12.8 Å². The molecule has 64 heavy (non-hydrogen) atoms. The number of carbonyl (C=O) groups is 1. The van der Waals surface area contributed by atoms with Crippen LogP contribution in [0.5, 0.6) is 0 Å². The van der Waals surface area contributed by atoms with E-state index in [1.807, 2.05) is 0 Å². The van der Waals surface area contributed by atoms with Crippen LogP contribution in [0.25, 0.3) is 0 Å². The van der Waals surface area contributed by atoms with Gasteiger partial charge in [-0.3, -0.25) is 13.8 Å². The fourth-order valence-electron chi connectivity index (χ4n) is 8.71. The first-order valence-corrected chi connectivity index (χ1v) is 28.4. The molecule has 1 saturated carbocycles. The van der Waals surface area contributed by atoms with Crippen LogP contribution in [0.1, 0.15) is 258 Å². The Hall–Kier alpha value is -0.660. The molecule has 0 aromatic heterocycles. The molecule has 0 bridgehead atoms. The van der Waals surface area contributed by atoms with Crippen LogP contribution >= 0.6 is 7.82 Å². The minimum absolute atomic E-state index is 0.0673. The van der Waals surface area contributed by atoms with Gasteiger partial charge in [0.1, 0.15) is 42.7 Å². The molecule has 0 heterocycles. The summed E-state index contributed by atoms with van der Waals surface area (Å²) in [6, 6.07) is 0. The van der Waals surface area contributed by atoms with Crippen LogP contribution < -0.4 is 0 Å². The molecule has 1 fully saturated rings. The first-order chi connectivity index (χ1) is 31.0. The molecule has 13 heteroatoms. The summed E-state index contributed by atoms with van der Waals surface area (Å²) in [4.78, 5) is 23.3. The van der Waals surface area contributed by atoms with Crippen LogP contribution in [0.15, 0.2) is 0 Å². The number of phosphoric ester groups is 1. The van der Waals surface area contributed by atoms with Crippen molar-refractivity contribution >= 4 is 13.8 Å². The van der Waals surface area contributed by atoms with Crippen molar-refractivity contribution in [2.45, 2.75) is 301 Å².